The zero-order chi connectivity index (χ0) is 30.4. The molecular weight excluding hydrogens is 590 g/mol. The maximum Gasteiger partial charge on any atom is 3.00 e. The second kappa shape index (κ2) is 18.7. The second-order valence-electron chi connectivity index (χ2n) is 10.2. The summed E-state index contributed by atoms with van der Waals surface area (Å²) >= 11 is 0. The van der Waals surface area contributed by atoms with Gasteiger partial charge in [0.15, 0.2) is 0 Å². The third-order valence-electron chi connectivity index (χ3n) is 6.55. The molecule has 1 radical (unpaired) electrons. The van der Waals surface area contributed by atoms with Crippen LogP contribution in [0.2, 0.25) is 0 Å². The van der Waals surface area contributed by atoms with Crippen LogP contribution in [0.25, 0.3) is 5.32 Å². The molecule has 4 heteroatoms. The van der Waals surface area contributed by atoms with Crippen molar-refractivity contribution in [3.63, 3.8) is 0 Å². The van der Waals surface area contributed by atoms with E-state index in [0.29, 0.717) is 0 Å². The fourth-order valence-corrected chi connectivity index (χ4v) is 4.20. The minimum Gasteiger partial charge on any atom is -0.677 e. The molecule has 0 spiro atoms. The van der Waals surface area contributed by atoms with E-state index in [0.717, 1.165) is 28.1 Å². The average molecular weight is 635 g/mol. The molecule has 0 bridgehead atoms. The first-order valence-corrected chi connectivity index (χ1v) is 13.9. The van der Waals surface area contributed by atoms with E-state index >= 15 is 0 Å². The van der Waals surface area contributed by atoms with Crippen molar-refractivity contribution < 1.29 is 26.2 Å². The fourth-order valence-electron chi connectivity index (χ4n) is 4.20. The van der Waals surface area contributed by atoms with Crippen LogP contribution >= 0.6 is 0 Å². The summed E-state index contributed by atoms with van der Waals surface area (Å²) in [6.45, 7) is 23.9. The van der Waals surface area contributed by atoms with E-state index in [1.165, 1.54) is 27.9 Å². The van der Waals surface area contributed by atoms with Gasteiger partial charge in [0.25, 0.3) is 0 Å². The van der Waals surface area contributed by atoms with Crippen molar-refractivity contribution >= 4 is 5.69 Å². The average Bonchev–Trinajstić information content (AvgIpc) is 3.20. The summed E-state index contributed by atoms with van der Waals surface area (Å²) in [4.78, 5) is 0. The Labute approximate surface area is 274 Å². The third-order valence-corrected chi connectivity index (χ3v) is 6.55. The van der Waals surface area contributed by atoms with Crippen molar-refractivity contribution in [2.75, 3.05) is 0 Å². The van der Waals surface area contributed by atoms with Gasteiger partial charge in [-0.1, -0.05) is 60.0 Å². The molecule has 3 nitrogen and oxygen atoms in total. The predicted molar refractivity (Wildman–Crippen MR) is 177 cm³/mol. The largest absolute Gasteiger partial charge is 3.00 e. The Balaban J connectivity index is 0.000000326. The van der Waals surface area contributed by atoms with E-state index in [-0.39, 0.29) is 32.2 Å². The molecular formula is C38H45N3Zr-. The summed E-state index contributed by atoms with van der Waals surface area (Å²) in [6.07, 6.45) is 0. The van der Waals surface area contributed by atoms with Gasteiger partial charge in [-0.15, -0.1) is 42.1 Å². The molecule has 1 aromatic heterocycles. The first-order chi connectivity index (χ1) is 19.5. The summed E-state index contributed by atoms with van der Waals surface area (Å²) in [6, 6.07) is 34.1. The Hall–Kier alpha value is -3.62. The van der Waals surface area contributed by atoms with Crippen LogP contribution in [0.4, 0.5) is 5.69 Å². The second-order valence-corrected chi connectivity index (χ2v) is 10.2. The molecule has 0 aliphatic rings. The number of hydrogen-bond acceptors (Lipinski definition) is 1. The maximum absolute atomic E-state index is 4.91. The van der Waals surface area contributed by atoms with Crippen LogP contribution in [0.15, 0.2) is 103 Å². The van der Waals surface area contributed by atoms with Crippen molar-refractivity contribution in [2.24, 2.45) is 7.05 Å². The smallest absolute Gasteiger partial charge is 0.677 e. The van der Waals surface area contributed by atoms with Crippen LogP contribution in [0.5, 0.6) is 0 Å². The Morgan fingerprint density at radius 1 is 0.643 bits per heavy atom. The molecule has 0 aliphatic heterocycles. The molecule has 5 rings (SSSR count). The molecule has 0 saturated carbocycles. The predicted octanol–water partition coefficient (Wildman–Crippen LogP) is 10.3. The Kier molecular flexibility index (Phi) is 16.2. The van der Waals surface area contributed by atoms with Gasteiger partial charge in [0.05, 0.1) is 5.69 Å². The molecule has 1 atom stereocenters. The SMILES string of the molecule is Cc1cc(C)c([N-]C(C)c2nn(C)c(C)c2C)c(C)c1.[CH2-]c1ccccc1.[CH2-]c1ccccc1.[CH2-]c1ccccc1.[Zr+3]. The van der Waals surface area contributed by atoms with E-state index in [2.05, 4.69) is 79.5 Å². The molecule has 217 valence electrons. The number of rotatable bonds is 3. The first kappa shape index (κ1) is 36.4. The van der Waals surface area contributed by atoms with Gasteiger partial charge in [-0.05, 0) is 40.2 Å². The van der Waals surface area contributed by atoms with Crippen molar-refractivity contribution in [1.29, 1.82) is 0 Å². The monoisotopic (exact) mass is 633 g/mol. The third kappa shape index (κ3) is 12.5. The van der Waals surface area contributed by atoms with Gasteiger partial charge < -0.3 is 5.32 Å². The molecule has 0 amide bonds. The summed E-state index contributed by atoms with van der Waals surface area (Å²) in [5.41, 5.74) is 11.6. The van der Waals surface area contributed by atoms with Gasteiger partial charge >= 0.3 is 26.2 Å². The number of aromatic nitrogens is 2. The number of aryl methyl sites for hydroxylation is 4. The minimum atomic E-state index is 0. The van der Waals surface area contributed by atoms with Crippen molar-refractivity contribution in [2.45, 2.75) is 47.6 Å². The van der Waals surface area contributed by atoms with Gasteiger partial charge in [-0.25, -0.2) is 0 Å². The molecule has 5 aromatic rings. The van der Waals surface area contributed by atoms with E-state index < -0.39 is 0 Å². The first-order valence-electron chi connectivity index (χ1n) is 13.9. The Morgan fingerprint density at radius 3 is 1.26 bits per heavy atom. The van der Waals surface area contributed by atoms with Gasteiger partial charge in [-0.2, -0.15) is 79.0 Å². The van der Waals surface area contributed by atoms with Crippen LogP contribution < -0.4 is 0 Å². The maximum atomic E-state index is 4.91. The molecule has 0 aliphatic carbocycles. The summed E-state index contributed by atoms with van der Waals surface area (Å²) in [5, 5.41) is 9.51. The summed E-state index contributed by atoms with van der Waals surface area (Å²) < 4.78 is 1.94. The number of benzene rings is 4. The quantitative estimate of drug-likeness (QED) is 0.182. The van der Waals surface area contributed by atoms with E-state index in [4.69, 9.17) is 5.32 Å². The van der Waals surface area contributed by atoms with Crippen molar-refractivity contribution in [3.8, 4) is 0 Å². The number of hydrogen-bond donors (Lipinski definition) is 0. The van der Waals surface area contributed by atoms with Crippen LogP contribution in [0.1, 0.15) is 63.3 Å². The van der Waals surface area contributed by atoms with Crippen LogP contribution in [0.3, 0.4) is 0 Å². The van der Waals surface area contributed by atoms with Crippen LogP contribution in [-0.4, -0.2) is 9.78 Å². The standard InChI is InChI=1S/C17H24N3.3C7H7.Zr/c1-10-8-11(2)16(12(3)9-10)18-14(5)17-13(4)15(6)20(7)19-17;3*1-7-5-3-2-4-6-7;/h8-9,14H,1-7H3;3*2-6H,1H2;/q4*-1;+3. The minimum absolute atomic E-state index is 0. The molecule has 1 heterocycles. The van der Waals surface area contributed by atoms with Crippen molar-refractivity contribution in [3.05, 3.63) is 180 Å². The fraction of sp³-hybridized carbons (Fsp3) is 0.211. The molecule has 42 heavy (non-hydrogen) atoms. The van der Waals surface area contributed by atoms with E-state index in [9.17, 15) is 0 Å². The zero-order valence-electron chi connectivity index (χ0n) is 26.4. The Bertz CT molecular complexity index is 1330. The molecule has 4 aromatic carbocycles. The van der Waals surface area contributed by atoms with Crippen molar-refractivity contribution in [1.82, 2.24) is 9.78 Å². The van der Waals surface area contributed by atoms with E-state index in [1.54, 1.807) is 0 Å². The normalized spacial score (nSPS) is 10.3. The van der Waals surface area contributed by atoms with Gasteiger partial charge in [0.2, 0.25) is 0 Å². The van der Waals surface area contributed by atoms with E-state index in [1.807, 2.05) is 103 Å². The van der Waals surface area contributed by atoms with Gasteiger partial charge in [0.1, 0.15) is 0 Å². The Morgan fingerprint density at radius 2 is 1.00 bits per heavy atom. The summed E-state index contributed by atoms with van der Waals surface area (Å²) in [5.74, 6) is 0. The summed E-state index contributed by atoms with van der Waals surface area (Å²) in [7, 11) is 1.99. The molecule has 0 fully saturated rings. The van der Waals surface area contributed by atoms with Gasteiger partial charge in [0, 0.05) is 12.7 Å². The molecule has 0 N–H and O–H groups in total. The molecule has 1 unspecified atom stereocenters. The van der Waals surface area contributed by atoms with Crippen LogP contribution in [-0.2, 0) is 33.3 Å². The zero-order valence-corrected chi connectivity index (χ0v) is 28.8. The van der Waals surface area contributed by atoms with Gasteiger partial charge in [-0.3, -0.25) is 4.68 Å². The molecule has 0 saturated heterocycles. The van der Waals surface area contributed by atoms with Crippen LogP contribution in [0, 0.1) is 55.4 Å². The topological polar surface area (TPSA) is 31.9 Å². The number of nitrogens with zero attached hydrogens (tertiary/aromatic N) is 3.